The summed E-state index contributed by atoms with van der Waals surface area (Å²) in [6.07, 6.45) is 0. The lowest BCUT2D eigenvalue weighted by molar-refractivity contribution is 0.236. The summed E-state index contributed by atoms with van der Waals surface area (Å²) in [7, 11) is 0. The van der Waals surface area contributed by atoms with Crippen molar-refractivity contribution in [3.8, 4) is 5.75 Å². The first-order valence-corrected chi connectivity index (χ1v) is 7.47. The summed E-state index contributed by atoms with van der Waals surface area (Å²) < 4.78 is 5.53. The van der Waals surface area contributed by atoms with Crippen LogP contribution in [-0.2, 0) is 6.54 Å². The van der Waals surface area contributed by atoms with Crippen LogP contribution < -0.4 is 15.4 Å². The van der Waals surface area contributed by atoms with Crippen LogP contribution >= 0.6 is 11.6 Å². The molecule has 0 unspecified atom stereocenters. The summed E-state index contributed by atoms with van der Waals surface area (Å²) in [6.45, 7) is 3.36. The zero-order chi connectivity index (χ0) is 15.8. The Balaban J connectivity index is 1.61. The van der Waals surface area contributed by atoms with E-state index in [-0.39, 0.29) is 6.03 Å². The maximum absolute atomic E-state index is 11.6. The highest BCUT2D eigenvalue weighted by Gasteiger charge is 2.00. The van der Waals surface area contributed by atoms with E-state index in [2.05, 4.69) is 10.6 Å². The third-order valence-corrected chi connectivity index (χ3v) is 3.30. The molecule has 0 fully saturated rings. The van der Waals surface area contributed by atoms with Crippen molar-refractivity contribution < 1.29 is 9.53 Å². The lowest BCUT2D eigenvalue weighted by Crippen LogP contribution is -2.37. The Morgan fingerprint density at radius 3 is 2.41 bits per heavy atom. The van der Waals surface area contributed by atoms with Gasteiger partial charge in [0.2, 0.25) is 0 Å². The Hall–Kier alpha value is -2.20. The van der Waals surface area contributed by atoms with Crippen LogP contribution in [0, 0.1) is 6.92 Å². The molecule has 0 saturated carbocycles. The van der Waals surface area contributed by atoms with Crippen LogP contribution in [-0.4, -0.2) is 19.2 Å². The SMILES string of the molecule is Cc1ccc(OCCNC(=O)NCc2ccc(Cl)cc2)cc1. The van der Waals surface area contributed by atoms with E-state index in [1.165, 1.54) is 5.56 Å². The fourth-order valence-corrected chi connectivity index (χ4v) is 1.94. The average Bonchev–Trinajstić information content (AvgIpc) is 2.53. The number of amides is 2. The van der Waals surface area contributed by atoms with Gasteiger partial charge in [-0.05, 0) is 36.8 Å². The standard InChI is InChI=1S/C17H19ClN2O2/c1-13-2-8-16(9-3-13)22-11-10-19-17(21)20-12-14-4-6-15(18)7-5-14/h2-9H,10-12H2,1H3,(H2,19,20,21). The molecule has 2 amide bonds. The molecule has 0 aromatic heterocycles. The summed E-state index contributed by atoms with van der Waals surface area (Å²) in [6, 6.07) is 14.9. The van der Waals surface area contributed by atoms with Crippen molar-refractivity contribution in [2.45, 2.75) is 13.5 Å². The number of hydrogen-bond acceptors (Lipinski definition) is 2. The highest BCUT2D eigenvalue weighted by Crippen LogP contribution is 2.11. The minimum Gasteiger partial charge on any atom is -0.492 e. The largest absolute Gasteiger partial charge is 0.492 e. The molecular formula is C17H19ClN2O2. The molecular weight excluding hydrogens is 300 g/mol. The molecule has 0 bridgehead atoms. The minimum atomic E-state index is -0.220. The van der Waals surface area contributed by atoms with Gasteiger partial charge in [0.1, 0.15) is 12.4 Å². The summed E-state index contributed by atoms with van der Waals surface area (Å²) in [5, 5.41) is 6.20. The molecule has 0 atom stereocenters. The van der Waals surface area contributed by atoms with E-state index < -0.39 is 0 Å². The number of nitrogens with one attached hydrogen (secondary N) is 2. The molecule has 5 heteroatoms. The molecule has 0 saturated heterocycles. The normalized spacial score (nSPS) is 10.1. The highest BCUT2D eigenvalue weighted by molar-refractivity contribution is 6.30. The monoisotopic (exact) mass is 318 g/mol. The van der Waals surface area contributed by atoms with E-state index in [0.29, 0.717) is 24.7 Å². The third kappa shape index (κ3) is 5.66. The van der Waals surface area contributed by atoms with E-state index in [9.17, 15) is 4.79 Å². The van der Waals surface area contributed by atoms with Gasteiger partial charge < -0.3 is 15.4 Å². The Kier molecular flexibility index (Phi) is 6.10. The first kappa shape index (κ1) is 16.2. The van der Waals surface area contributed by atoms with Crippen molar-refractivity contribution in [2.75, 3.05) is 13.2 Å². The predicted octanol–water partition coefficient (Wildman–Crippen LogP) is 3.53. The average molecular weight is 319 g/mol. The zero-order valence-electron chi connectivity index (χ0n) is 12.4. The van der Waals surface area contributed by atoms with Gasteiger partial charge >= 0.3 is 6.03 Å². The molecule has 0 radical (unpaired) electrons. The van der Waals surface area contributed by atoms with Crippen molar-refractivity contribution in [2.24, 2.45) is 0 Å². The van der Waals surface area contributed by atoms with Crippen molar-refractivity contribution in [3.05, 3.63) is 64.7 Å². The van der Waals surface area contributed by atoms with Gasteiger partial charge in [-0.25, -0.2) is 4.79 Å². The second kappa shape index (κ2) is 8.29. The van der Waals surface area contributed by atoms with Crippen molar-refractivity contribution in [1.82, 2.24) is 10.6 Å². The number of aryl methyl sites for hydroxylation is 1. The molecule has 2 N–H and O–H groups in total. The quantitative estimate of drug-likeness (QED) is 0.801. The Bertz CT molecular complexity index is 597. The van der Waals surface area contributed by atoms with E-state index >= 15 is 0 Å². The molecule has 116 valence electrons. The molecule has 2 aromatic rings. The van der Waals surface area contributed by atoms with Crippen LogP contribution in [0.3, 0.4) is 0 Å². The second-order valence-electron chi connectivity index (χ2n) is 4.90. The maximum atomic E-state index is 11.6. The Morgan fingerprint density at radius 2 is 1.73 bits per heavy atom. The van der Waals surface area contributed by atoms with Gasteiger partial charge in [0.05, 0.1) is 6.54 Å². The third-order valence-electron chi connectivity index (χ3n) is 3.04. The maximum Gasteiger partial charge on any atom is 0.315 e. The fourth-order valence-electron chi connectivity index (χ4n) is 1.82. The highest BCUT2D eigenvalue weighted by atomic mass is 35.5. The first-order chi connectivity index (χ1) is 10.6. The fraction of sp³-hybridized carbons (Fsp3) is 0.235. The molecule has 0 heterocycles. The topological polar surface area (TPSA) is 50.4 Å². The van der Waals surface area contributed by atoms with Gasteiger partial charge in [-0.1, -0.05) is 41.4 Å². The van der Waals surface area contributed by atoms with E-state index in [1.807, 2.05) is 43.3 Å². The van der Waals surface area contributed by atoms with Crippen molar-refractivity contribution in [1.29, 1.82) is 0 Å². The lowest BCUT2D eigenvalue weighted by atomic mass is 10.2. The number of carbonyl (C=O) groups excluding carboxylic acids is 1. The zero-order valence-corrected chi connectivity index (χ0v) is 13.2. The predicted molar refractivity (Wildman–Crippen MR) is 88.4 cm³/mol. The summed E-state index contributed by atoms with van der Waals surface area (Å²) in [5.74, 6) is 0.800. The van der Waals surface area contributed by atoms with Gasteiger partial charge in [-0.2, -0.15) is 0 Å². The second-order valence-corrected chi connectivity index (χ2v) is 5.33. The number of hydrogen-bond donors (Lipinski definition) is 2. The van der Waals surface area contributed by atoms with E-state index in [1.54, 1.807) is 12.1 Å². The molecule has 0 aliphatic rings. The molecule has 2 aromatic carbocycles. The lowest BCUT2D eigenvalue weighted by Gasteiger charge is -2.09. The van der Waals surface area contributed by atoms with Crippen LogP contribution in [0.5, 0.6) is 5.75 Å². The Morgan fingerprint density at radius 1 is 1.05 bits per heavy atom. The summed E-state index contributed by atoms with van der Waals surface area (Å²) in [5.41, 5.74) is 2.18. The minimum absolute atomic E-state index is 0.220. The Labute approximate surface area is 135 Å². The van der Waals surface area contributed by atoms with Crippen molar-refractivity contribution in [3.63, 3.8) is 0 Å². The van der Waals surface area contributed by atoms with E-state index in [0.717, 1.165) is 11.3 Å². The molecule has 0 aliphatic heterocycles. The van der Waals surface area contributed by atoms with Gasteiger partial charge in [0.25, 0.3) is 0 Å². The number of ether oxygens (including phenoxy) is 1. The number of benzene rings is 2. The van der Waals surface area contributed by atoms with Crippen LogP contribution in [0.1, 0.15) is 11.1 Å². The molecule has 4 nitrogen and oxygen atoms in total. The number of rotatable bonds is 6. The van der Waals surface area contributed by atoms with Crippen LogP contribution in [0.25, 0.3) is 0 Å². The van der Waals surface area contributed by atoms with Gasteiger partial charge in [0, 0.05) is 11.6 Å². The van der Waals surface area contributed by atoms with Crippen LogP contribution in [0.2, 0.25) is 5.02 Å². The van der Waals surface area contributed by atoms with Gasteiger partial charge in [0.15, 0.2) is 0 Å². The molecule has 0 aliphatic carbocycles. The molecule has 2 rings (SSSR count). The van der Waals surface area contributed by atoms with Crippen molar-refractivity contribution >= 4 is 17.6 Å². The van der Waals surface area contributed by atoms with Crippen LogP contribution in [0.15, 0.2) is 48.5 Å². The van der Waals surface area contributed by atoms with Gasteiger partial charge in [-0.15, -0.1) is 0 Å². The number of halogens is 1. The summed E-state index contributed by atoms with van der Waals surface area (Å²) >= 11 is 5.80. The first-order valence-electron chi connectivity index (χ1n) is 7.09. The molecule has 0 spiro atoms. The van der Waals surface area contributed by atoms with Gasteiger partial charge in [-0.3, -0.25) is 0 Å². The number of urea groups is 1. The summed E-state index contributed by atoms with van der Waals surface area (Å²) in [4.78, 5) is 11.6. The number of carbonyl (C=O) groups is 1. The molecule has 22 heavy (non-hydrogen) atoms. The van der Waals surface area contributed by atoms with Crippen LogP contribution in [0.4, 0.5) is 4.79 Å². The smallest absolute Gasteiger partial charge is 0.315 e. The van der Waals surface area contributed by atoms with E-state index in [4.69, 9.17) is 16.3 Å².